The minimum atomic E-state index is -0.706. The van der Waals surface area contributed by atoms with Crippen molar-refractivity contribution in [2.24, 2.45) is 0 Å². The fourth-order valence-corrected chi connectivity index (χ4v) is 2.59. The summed E-state index contributed by atoms with van der Waals surface area (Å²) in [4.78, 5) is 4.50. The molecule has 17 heavy (non-hydrogen) atoms. The first-order valence-electron chi connectivity index (χ1n) is 5.95. The highest BCUT2D eigenvalue weighted by Crippen LogP contribution is 2.31. The molecule has 1 aliphatic rings. The van der Waals surface area contributed by atoms with Crippen molar-refractivity contribution >= 4 is 11.3 Å². The Bertz CT molecular complexity index is 417. The van der Waals surface area contributed by atoms with Crippen molar-refractivity contribution in [3.8, 4) is 0 Å². The average molecular weight is 253 g/mol. The number of hydrogen-bond acceptors (Lipinski definition) is 4. The van der Waals surface area contributed by atoms with E-state index in [2.05, 4.69) is 25.8 Å². The van der Waals surface area contributed by atoms with Crippen molar-refractivity contribution in [2.75, 3.05) is 6.61 Å². The number of aliphatic hydroxyl groups excluding tert-OH is 1. The van der Waals surface area contributed by atoms with Crippen molar-refractivity contribution in [2.45, 2.75) is 45.1 Å². The average Bonchev–Trinajstić information content (AvgIpc) is 2.78. The maximum Gasteiger partial charge on any atom is 0.153 e. The Morgan fingerprint density at radius 1 is 1.47 bits per heavy atom. The molecule has 0 aliphatic carbocycles. The minimum Gasteiger partial charge on any atom is -0.495 e. The van der Waals surface area contributed by atoms with Gasteiger partial charge < -0.3 is 9.84 Å². The highest BCUT2D eigenvalue weighted by atomic mass is 32.1. The van der Waals surface area contributed by atoms with Crippen LogP contribution in [0.2, 0.25) is 0 Å². The van der Waals surface area contributed by atoms with Crippen LogP contribution < -0.4 is 0 Å². The standard InChI is InChI=1S/C13H19NO2S/c1-13(2,3)12-14-9(8-17-12)11(15)10-6-4-5-7-16-10/h6,8,11,15H,4-5,7H2,1-3H3. The van der Waals surface area contributed by atoms with E-state index in [0.29, 0.717) is 18.1 Å². The van der Waals surface area contributed by atoms with Gasteiger partial charge in [-0.25, -0.2) is 4.98 Å². The Labute approximate surface area is 106 Å². The van der Waals surface area contributed by atoms with Gasteiger partial charge in [-0.15, -0.1) is 11.3 Å². The normalized spacial score (nSPS) is 18.5. The molecule has 0 saturated carbocycles. The second kappa shape index (κ2) is 4.78. The van der Waals surface area contributed by atoms with Gasteiger partial charge in [0, 0.05) is 10.8 Å². The monoisotopic (exact) mass is 253 g/mol. The largest absolute Gasteiger partial charge is 0.495 e. The summed E-state index contributed by atoms with van der Waals surface area (Å²) in [5.74, 6) is 0.655. The molecule has 0 bridgehead atoms. The van der Waals surface area contributed by atoms with Crippen LogP contribution in [0, 0.1) is 0 Å². The number of hydrogen-bond donors (Lipinski definition) is 1. The number of aromatic nitrogens is 1. The van der Waals surface area contributed by atoms with Crippen LogP contribution in [0.4, 0.5) is 0 Å². The van der Waals surface area contributed by atoms with Crippen LogP contribution in [0.5, 0.6) is 0 Å². The van der Waals surface area contributed by atoms with Gasteiger partial charge in [-0.05, 0) is 18.9 Å². The van der Waals surface area contributed by atoms with E-state index >= 15 is 0 Å². The molecule has 94 valence electrons. The van der Waals surface area contributed by atoms with Gasteiger partial charge in [-0.2, -0.15) is 0 Å². The van der Waals surface area contributed by atoms with Crippen molar-refractivity contribution in [3.63, 3.8) is 0 Å². The second-order valence-electron chi connectivity index (χ2n) is 5.33. The summed E-state index contributed by atoms with van der Waals surface area (Å²) < 4.78 is 5.46. The molecule has 1 aliphatic heterocycles. The topological polar surface area (TPSA) is 42.4 Å². The van der Waals surface area contributed by atoms with E-state index in [1.807, 2.05) is 11.5 Å². The Balaban J connectivity index is 2.17. The maximum atomic E-state index is 10.2. The van der Waals surface area contributed by atoms with E-state index in [0.717, 1.165) is 17.8 Å². The maximum absolute atomic E-state index is 10.2. The van der Waals surface area contributed by atoms with Gasteiger partial charge in [-0.1, -0.05) is 20.8 Å². The third-order valence-corrected chi connectivity index (χ3v) is 3.96. The van der Waals surface area contributed by atoms with Crippen molar-refractivity contribution in [3.05, 3.63) is 27.9 Å². The van der Waals surface area contributed by atoms with E-state index in [-0.39, 0.29) is 5.41 Å². The lowest BCUT2D eigenvalue weighted by Crippen LogP contribution is -2.13. The van der Waals surface area contributed by atoms with E-state index in [1.165, 1.54) is 0 Å². The van der Waals surface area contributed by atoms with Crippen LogP contribution in [-0.4, -0.2) is 16.7 Å². The first-order valence-corrected chi connectivity index (χ1v) is 6.83. The predicted molar refractivity (Wildman–Crippen MR) is 69.0 cm³/mol. The second-order valence-corrected chi connectivity index (χ2v) is 6.19. The Hall–Kier alpha value is -0.870. The van der Waals surface area contributed by atoms with Crippen molar-refractivity contribution in [1.29, 1.82) is 0 Å². The van der Waals surface area contributed by atoms with Crippen LogP contribution in [0.15, 0.2) is 17.2 Å². The molecular weight excluding hydrogens is 234 g/mol. The summed E-state index contributed by atoms with van der Waals surface area (Å²) in [5.41, 5.74) is 0.734. The molecule has 0 radical (unpaired) electrons. The predicted octanol–water partition coefficient (Wildman–Crippen LogP) is 3.17. The SMILES string of the molecule is CC(C)(C)c1nc(C(O)C2=CCCCO2)cs1. The molecule has 1 unspecified atom stereocenters. The summed E-state index contributed by atoms with van der Waals surface area (Å²) >= 11 is 1.59. The summed E-state index contributed by atoms with van der Waals surface area (Å²) in [5, 5.41) is 13.1. The highest BCUT2D eigenvalue weighted by molar-refractivity contribution is 7.09. The number of allylic oxidation sites excluding steroid dienone is 1. The van der Waals surface area contributed by atoms with Gasteiger partial charge in [-0.3, -0.25) is 0 Å². The molecule has 0 amide bonds. The number of rotatable bonds is 2. The van der Waals surface area contributed by atoms with Gasteiger partial charge in [0.1, 0.15) is 5.76 Å². The molecule has 1 atom stereocenters. The van der Waals surface area contributed by atoms with Crippen molar-refractivity contribution in [1.82, 2.24) is 4.98 Å². The Morgan fingerprint density at radius 2 is 2.24 bits per heavy atom. The molecule has 2 heterocycles. The minimum absolute atomic E-state index is 0.0322. The van der Waals surface area contributed by atoms with Crippen molar-refractivity contribution < 1.29 is 9.84 Å². The van der Waals surface area contributed by atoms with Gasteiger partial charge in [0.2, 0.25) is 0 Å². The van der Waals surface area contributed by atoms with Gasteiger partial charge in [0.05, 0.1) is 17.3 Å². The smallest absolute Gasteiger partial charge is 0.153 e. The van der Waals surface area contributed by atoms with Gasteiger partial charge in [0.15, 0.2) is 6.10 Å². The van der Waals surface area contributed by atoms with Gasteiger partial charge in [0.25, 0.3) is 0 Å². The van der Waals surface area contributed by atoms with Crippen LogP contribution in [0.3, 0.4) is 0 Å². The molecule has 2 rings (SSSR count). The van der Waals surface area contributed by atoms with E-state index < -0.39 is 6.10 Å². The van der Waals surface area contributed by atoms with E-state index in [9.17, 15) is 5.11 Å². The molecule has 1 aromatic heterocycles. The summed E-state index contributed by atoms with van der Waals surface area (Å²) in [7, 11) is 0. The zero-order valence-electron chi connectivity index (χ0n) is 10.6. The van der Waals surface area contributed by atoms with Gasteiger partial charge >= 0.3 is 0 Å². The summed E-state index contributed by atoms with van der Waals surface area (Å²) in [6.07, 6.45) is 3.26. The first kappa shape index (κ1) is 12.6. The lowest BCUT2D eigenvalue weighted by atomic mass is 9.98. The Kier molecular flexibility index (Phi) is 3.54. The molecule has 0 spiro atoms. The molecule has 0 fully saturated rings. The summed E-state index contributed by atoms with van der Waals surface area (Å²) in [6, 6.07) is 0. The molecule has 0 saturated heterocycles. The van der Waals surface area contributed by atoms with Crippen LogP contribution in [0.1, 0.15) is 50.4 Å². The van der Waals surface area contributed by atoms with Crippen LogP contribution in [0.25, 0.3) is 0 Å². The third kappa shape index (κ3) is 2.87. The Morgan fingerprint density at radius 3 is 2.76 bits per heavy atom. The number of thiazole rings is 1. The zero-order chi connectivity index (χ0) is 12.5. The molecule has 1 N–H and O–H groups in total. The molecule has 3 nitrogen and oxygen atoms in total. The quantitative estimate of drug-likeness (QED) is 0.880. The first-order chi connectivity index (χ1) is 7.98. The molecule has 0 aromatic carbocycles. The molecule has 4 heteroatoms. The van der Waals surface area contributed by atoms with Crippen LogP contribution >= 0.6 is 11.3 Å². The number of aliphatic hydroxyl groups is 1. The molecular formula is C13H19NO2S. The highest BCUT2D eigenvalue weighted by Gasteiger charge is 2.23. The molecule has 1 aromatic rings. The lowest BCUT2D eigenvalue weighted by molar-refractivity contribution is 0.0896. The fraction of sp³-hybridized carbons (Fsp3) is 0.615. The fourth-order valence-electron chi connectivity index (χ4n) is 1.67. The van der Waals surface area contributed by atoms with E-state index in [4.69, 9.17) is 4.74 Å². The number of nitrogens with zero attached hydrogens (tertiary/aromatic N) is 1. The lowest BCUT2D eigenvalue weighted by Gasteiger charge is -2.19. The summed E-state index contributed by atoms with van der Waals surface area (Å²) in [6.45, 7) is 7.06. The number of ether oxygens (including phenoxy) is 1. The zero-order valence-corrected chi connectivity index (χ0v) is 11.4. The van der Waals surface area contributed by atoms with Crippen LogP contribution in [-0.2, 0) is 10.2 Å². The third-order valence-electron chi connectivity index (χ3n) is 2.68. The van der Waals surface area contributed by atoms with E-state index in [1.54, 1.807) is 11.3 Å².